The molecule has 0 aromatic carbocycles. The predicted molar refractivity (Wildman–Crippen MR) is 70.3 cm³/mol. The number of hydrogen-bond acceptors (Lipinski definition) is 5. The minimum atomic E-state index is -0.0288. The summed E-state index contributed by atoms with van der Waals surface area (Å²) in [4.78, 5) is 18.4. The van der Waals surface area contributed by atoms with E-state index in [4.69, 9.17) is 5.73 Å². The van der Waals surface area contributed by atoms with Crippen molar-refractivity contribution in [3.05, 3.63) is 29.5 Å². The molecule has 0 fully saturated rings. The fourth-order valence-electron chi connectivity index (χ4n) is 1.60. The molecule has 2 aromatic rings. The van der Waals surface area contributed by atoms with Crippen LogP contribution in [0.1, 0.15) is 16.6 Å². The molecule has 6 nitrogen and oxygen atoms in total. The fraction of sp³-hybridized carbons (Fsp3) is 0.364. The molecule has 0 bridgehead atoms. The molecule has 96 valence electrons. The van der Waals surface area contributed by atoms with Gasteiger partial charge in [-0.05, 0) is 13.0 Å². The third-order valence-electron chi connectivity index (χ3n) is 2.56. The van der Waals surface area contributed by atoms with Gasteiger partial charge < -0.3 is 10.6 Å². The molecule has 0 aliphatic heterocycles. The summed E-state index contributed by atoms with van der Waals surface area (Å²) in [6, 6.07) is 1.86. The summed E-state index contributed by atoms with van der Waals surface area (Å²) < 4.78 is 1.80. The highest BCUT2D eigenvalue weighted by molar-refractivity contribution is 7.17. The van der Waals surface area contributed by atoms with E-state index in [1.165, 1.54) is 17.5 Å². The first-order valence-corrected chi connectivity index (χ1v) is 6.50. The Morgan fingerprint density at radius 1 is 1.61 bits per heavy atom. The maximum absolute atomic E-state index is 12.2. The number of nitrogens with zero attached hydrogens (tertiary/aromatic N) is 4. The molecule has 7 heteroatoms. The number of carbonyl (C=O) groups excluding carboxylic acids is 1. The Bertz CT molecular complexity index is 507. The van der Waals surface area contributed by atoms with Crippen LogP contribution in [-0.4, -0.2) is 38.7 Å². The summed E-state index contributed by atoms with van der Waals surface area (Å²) >= 11 is 1.22. The summed E-state index contributed by atoms with van der Waals surface area (Å²) in [6.45, 7) is 3.90. The van der Waals surface area contributed by atoms with E-state index in [1.807, 2.05) is 19.2 Å². The minimum absolute atomic E-state index is 0.0288. The van der Waals surface area contributed by atoms with E-state index in [1.54, 1.807) is 15.8 Å². The van der Waals surface area contributed by atoms with Gasteiger partial charge in [0.1, 0.15) is 4.88 Å². The van der Waals surface area contributed by atoms with Crippen molar-refractivity contribution in [3.63, 3.8) is 0 Å². The first-order chi connectivity index (χ1) is 8.70. The highest BCUT2D eigenvalue weighted by atomic mass is 32.1. The maximum Gasteiger partial charge on any atom is 0.265 e. The van der Waals surface area contributed by atoms with Gasteiger partial charge in [-0.1, -0.05) is 11.3 Å². The summed E-state index contributed by atoms with van der Waals surface area (Å²) in [7, 11) is 0. The van der Waals surface area contributed by atoms with Crippen molar-refractivity contribution in [1.29, 1.82) is 0 Å². The van der Waals surface area contributed by atoms with Crippen molar-refractivity contribution in [2.75, 3.05) is 18.8 Å². The summed E-state index contributed by atoms with van der Waals surface area (Å²) in [5, 5.41) is 4.53. The lowest BCUT2D eigenvalue weighted by atomic mass is 10.4. The number of amides is 1. The molecule has 2 rings (SSSR count). The van der Waals surface area contributed by atoms with Crippen LogP contribution in [0.3, 0.4) is 0 Å². The van der Waals surface area contributed by atoms with Crippen LogP contribution in [0.5, 0.6) is 0 Å². The monoisotopic (exact) mass is 265 g/mol. The zero-order valence-corrected chi connectivity index (χ0v) is 10.9. The van der Waals surface area contributed by atoms with Crippen LogP contribution in [0.25, 0.3) is 0 Å². The van der Waals surface area contributed by atoms with E-state index in [-0.39, 0.29) is 5.91 Å². The van der Waals surface area contributed by atoms with E-state index < -0.39 is 0 Å². The Hall–Kier alpha value is -1.89. The normalized spacial score (nSPS) is 10.5. The molecule has 2 aromatic heterocycles. The minimum Gasteiger partial charge on any atom is -0.375 e. The van der Waals surface area contributed by atoms with E-state index in [0.717, 1.165) is 0 Å². The molecule has 0 saturated carbocycles. The Morgan fingerprint density at radius 3 is 3.00 bits per heavy atom. The number of rotatable bonds is 5. The van der Waals surface area contributed by atoms with Crippen LogP contribution in [0, 0.1) is 0 Å². The van der Waals surface area contributed by atoms with Crippen LogP contribution in [-0.2, 0) is 6.54 Å². The molecule has 2 N–H and O–H groups in total. The Balaban J connectivity index is 1.98. The first kappa shape index (κ1) is 12.6. The third-order valence-corrected chi connectivity index (χ3v) is 3.38. The predicted octanol–water partition coefficient (Wildman–Crippen LogP) is 1.08. The fourth-order valence-corrected chi connectivity index (χ4v) is 2.25. The lowest BCUT2D eigenvalue weighted by molar-refractivity contribution is 0.0762. The number of anilines is 1. The van der Waals surface area contributed by atoms with Gasteiger partial charge in [-0.25, -0.2) is 4.98 Å². The van der Waals surface area contributed by atoms with Gasteiger partial charge in [-0.15, -0.1) is 0 Å². The molecular formula is C11H15N5OS. The Kier molecular flexibility index (Phi) is 3.93. The second kappa shape index (κ2) is 5.63. The van der Waals surface area contributed by atoms with Crippen molar-refractivity contribution < 1.29 is 4.79 Å². The van der Waals surface area contributed by atoms with E-state index >= 15 is 0 Å². The lowest BCUT2D eigenvalue weighted by Crippen LogP contribution is -2.33. The zero-order chi connectivity index (χ0) is 13.0. The maximum atomic E-state index is 12.2. The van der Waals surface area contributed by atoms with Gasteiger partial charge in [0, 0.05) is 25.5 Å². The summed E-state index contributed by atoms with van der Waals surface area (Å²) in [5.74, 6) is -0.0288. The number of nitrogen functional groups attached to an aromatic ring is 1. The average molecular weight is 265 g/mol. The van der Waals surface area contributed by atoms with Gasteiger partial charge in [0.05, 0.1) is 12.7 Å². The van der Waals surface area contributed by atoms with Gasteiger partial charge >= 0.3 is 0 Å². The second-order valence-corrected chi connectivity index (χ2v) is 4.78. The van der Waals surface area contributed by atoms with Crippen molar-refractivity contribution in [2.24, 2.45) is 0 Å². The Morgan fingerprint density at radius 2 is 2.44 bits per heavy atom. The van der Waals surface area contributed by atoms with E-state index in [9.17, 15) is 4.79 Å². The van der Waals surface area contributed by atoms with E-state index in [0.29, 0.717) is 29.6 Å². The number of nitrogens with two attached hydrogens (primary N) is 1. The first-order valence-electron chi connectivity index (χ1n) is 5.68. The smallest absolute Gasteiger partial charge is 0.265 e. The van der Waals surface area contributed by atoms with Crippen molar-refractivity contribution >= 4 is 22.4 Å². The number of carbonyl (C=O) groups is 1. The molecule has 0 radical (unpaired) electrons. The van der Waals surface area contributed by atoms with E-state index in [2.05, 4.69) is 10.1 Å². The zero-order valence-electron chi connectivity index (χ0n) is 10.1. The molecule has 0 aliphatic rings. The largest absolute Gasteiger partial charge is 0.375 e. The SMILES string of the molecule is CCN(CCn1cccn1)C(=O)c1cnc(N)s1. The van der Waals surface area contributed by atoms with Crippen molar-refractivity contribution in [1.82, 2.24) is 19.7 Å². The second-order valence-electron chi connectivity index (χ2n) is 3.72. The lowest BCUT2D eigenvalue weighted by Gasteiger charge is -2.19. The van der Waals surface area contributed by atoms with Crippen LogP contribution in [0.2, 0.25) is 0 Å². The van der Waals surface area contributed by atoms with Gasteiger partial charge in [0.25, 0.3) is 5.91 Å². The van der Waals surface area contributed by atoms with Crippen LogP contribution in [0.4, 0.5) is 5.13 Å². The molecular weight excluding hydrogens is 250 g/mol. The Labute approximate surface area is 109 Å². The molecule has 0 aliphatic carbocycles. The number of thiazole rings is 1. The standard InChI is InChI=1S/C11H15N5OS/c1-2-15(6-7-16-5-3-4-14-16)10(17)9-8-13-11(12)18-9/h3-5,8H,2,6-7H2,1H3,(H2,12,13). The molecule has 0 atom stereocenters. The third kappa shape index (κ3) is 2.86. The quantitative estimate of drug-likeness (QED) is 0.877. The number of likely N-dealkylation sites (N-methyl/N-ethyl adjacent to an activating group) is 1. The van der Waals surface area contributed by atoms with Crippen LogP contribution in [0.15, 0.2) is 24.7 Å². The number of hydrogen-bond donors (Lipinski definition) is 1. The molecule has 18 heavy (non-hydrogen) atoms. The van der Waals surface area contributed by atoms with Gasteiger partial charge in [0.15, 0.2) is 5.13 Å². The molecule has 0 unspecified atom stereocenters. The van der Waals surface area contributed by atoms with Crippen molar-refractivity contribution in [3.8, 4) is 0 Å². The van der Waals surface area contributed by atoms with Gasteiger partial charge in [-0.2, -0.15) is 5.10 Å². The highest BCUT2D eigenvalue weighted by Gasteiger charge is 2.16. The van der Waals surface area contributed by atoms with Crippen LogP contribution < -0.4 is 5.73 Å². The molecule has 2 heterocycles. The van der Waals surface area contributed by atoms with Gasteiger partial charge in [-0.3, -0.25) is 9.48 Å². The van der Waals surface area contributed by atoms with Crippen LogP contribution >= 0.6 is 11.3 Å². The average Bonchev–Trinajstić information content (AvgIpc) is 3.00. The molecule has 1 amide bonds. The molecule has 0 spiro atoms. The molecule has 0 saturated heterocycles. The summed E-state index contributed by atoms with van der Waals surface area (Å²) in [5.41, 5.74) is 5.53. The highest BCUT2D eigenvalue weighted by Crippen LogP contribution is 2.16. The summed E-state index contributed by atoms with van der Waals surface area (Å²) in [6.07, 6.45) is 5.13. The topological polar surface area (TPSA) is 77.0 Å². The number of aromatic nitrogens is 3. The van der Waals surface area contributed by atoms with Gasteiger partial charge in [0.2, 0.25) is 0 Å². The van der Waals surface area contributed by atoms with Crippen molar-refractivity contribution in [2.45, 2.75) is 13.5 Å².